The van der Waals surface area contributed by atoms with Crippen LogP contribution in [0, 0.1) is 0 Å². The first-order valence-corrected chi connectivity index (χ1v) is 6.86. The maximum Gasteiger partial charge on any atom is 0.224 e. The maximum atomic E-state index is 12.3. The fourth-order valence-electron chi connectivity index (χ4n) is 2.64. The van der Waals surface area contributed by atoms with Gasteiger partial charge in [0.05, 0.1) is 0 Å². The Hall–Kier alpha value is -1.61. The van der Waals surface area contributed by atoms with Gasteiger partial charge in [0.2, 0.25) is 5.91 Å². The summed E-state index contributed by atoms with van der Waals surface area (Å²) in [6, 6.07) is 10.5. The van der Waals surface area contributed by atoms with Crippen molar-refractivity contribution in [3.05, 3.63) is 48.6 Å². The first kappa shape index (κ1) is 13.8. The lowest BCUT2D eigenvalue weighted by molar-refractivity contribution is -0.133. The summed E-state index contributed by atoms with van der Waals surface area (Å²) in [5, 5.41) is 0. The molecule has 0 spiro atoms. The molecule has 1 aliphatic heterocycles. The molecule has 0 N–H and O–H groups in total. The lowest BCUT2D eigenvalue weighted by Crippen LogP contribution is -2.40. The van der Waals surface area contributed by atoms with Crippen molar-refractivity contribution in [2.24, 2.45) is 0 Å². The SMILES string of the molecule is C=CCN1CCCN(C)[C@H](c2ccccc2)CC1=O. The third-order valence-electron chi connectivity index (χ3n) is 3.73. The number of carbonyl (C=O) groups excluding carboxylic acids is 1. The van der Waals surface area contributed by atoms with E-state index in [-0.39, 0.29) is 11.9 Å². The normalized spacial score (nSPS) is 21.8. The van der Waals surface area contributed by atoms with Crippen LogP contribution >= 0.6 is 0 Å². The van der Waals surface area contributed by atoms with E-state index in [0.717, 1.165) is 19.5 Å². The summed E-state index contributed by atoms with van der Waals surface area (Å²) in [6.45, 7) is 6.23. The van der Waals surface area contributed by atoms with Gasteiger partial charge in [0, 0.05) is 32.1 Å². The Labute approximate surface area is 115 Å². The van der Waals surface area contributed by atoms with E-state index in [1.807, 2.05) is 23.1 Å². The van der Waals surface area contributed by atoms with Crippen LogP contribution in [-0.4, -0.2) is 42.4 Å². The third kappa shape index (κ3) is 3.44. The van der Waals surface area contributed by atoms with E-state index in [9.17, 15) is 4.79 Å². The van der Waals surface area contributed by atoms with Crippen molar-refractivity contribution in [3.8, 4) is 0 Å². The summed E-state index contributed by atoms with van der Waals surface area (Å²) in [4.78, 5) is 16.5. The van der Waals surface area contributed by atoms with Gasteiger partial charge in [-0.3, -0.25) is 9.69 Å². The van der Waals surface area contributed by atoms with Crippen molar-refractivity contribution < 1.29 is 4.79 Å². The van der Waals surface area contributed by atoms with Crippen LogP contribution in [0.25, 0.3) is 0 Å². The van der Waals surface area contributed by atoms with Crippen LogP contribution in [0.5, 0.6) is 0 Å². The smallest absolute Gasteiger partial charge is 0.224 e. The zero-order chi connectivity index (χ0) is 13.7. The summed E-state index contributed by atoms with van der Waals surface area (Å²) in [6.07, 6.45) is 3.37. The van der Waals surface area contributed by atoms with Crippen LogP contribution in [0.3, 0.4) is 0 Å². The van der Waals surface area contributed by atoms with Gasteiger partial charge in [-0.1, -0.05) is 36.4 Å². The minimum Gasteiger partial charge on any atom is -0.339 e. The average Bonchev–Trinajstić information content (AvgIpc) is 2.43. The Balaban J connectivity index is 2.17. The van der Waals surface area contributed by atoms with Crippen LogP contribution in [0.4, 0.5) is 0 Å². The molecular formula is C16H22N2O. The number of hydrogen-bond donors (Lipinski definition) is 0. The highest BCUT2D eigenvalue weighted by Gasteiger charge is 2.25. The largest absolute Gasteiger partial charge is 0.339 e. The Bertz CT molecular complexity index is 430. The Morgan fingerprint density at radius 2 is 2.05 bits per heavy atom. The van der Waals surface area contributed by atoms with Crippen LogP contribution in [0.2, 0.25) is 0 Å². The molecule has 1 heterocycles. The Morgan fingerprint density at radius 3 is 2.74 bits per heavy atom. The lowest BCUT2D eigenvalue weighted by Gasteiger charge is -2.34. The molecule has 1 aromatic carbocycles. The van der Waals surface area contributed by atoms with Crippen molar-refractivity contribution in [3.63, 3.8) is 0 Å². The predicted molar refractivity (Wildman–Crippen MR) is 77.8 cm³/mol. The molecule has 1 amide bonds. The summed E-state index contributed by atoms with van der Waals surface area (Å²) >= 11 is 0. The van der Waals surface area contributed by atoms with Crippen LogP contribution in [0.1, 0.15) is 24.4 Å². The fourth-order valence-corrected chi connectivity index (χ4v) is 2.64. The highest BCUT2D eigenvalue weighted by molar-refractivity contribution is 5.77. The van der Waals surface area contributed by atoms with E-state index in [0.29, 0.717) is 13.0 Å². The third-order valence-corrected chi connectivity index (χ3v) is 3.73. The second-order valence-corrected chi connectivity index (χ2v) is 5.09. The molecule has 1 fully saturated rings. The second-order valence-electron chi connectivity index (χ2n) is 5.09. The van der Waals surface area contributed by atoms with Crippen molar-refractivity contribution in [1.29, 1.82) is 0 Å². The topological polar surface area (TPSA) is 23.6 Å². The minimum absolute atomic E-state index is 0.182. The molecule has 0 radical (unpaired) electrons. The quantitative estimate of drug-likeness (QED) is 0.778. The van der Waals surface area contributed by atoms with Gasteiger partial charge < -0.3 is 4.90 Å². The second kappa shape index (κ2) is 6.53. The van der Waals surface area contributed by atoms with E-state index in [1.165, 1.54) is 5.56 Å². The number of rotatable bonds is 3. The van der Waals surface area contributed by atoms with Gasteiger partial charge in [0.25, 0.3) is 0 Å². The number of carbonyl (C=O) groups is 1. The van der Waals surface area contributed by atoms with Gasteiger partial charge in [0.15, 0.2) is 0 Å². The molecule has 1 aromatic rings. The van der Waals surface area contributed by atoms with Gasteiger partial charge in [0.1, 0.15) is 0 Å². The molecule has 1 saturated heterocycles. The van der Waals surface area contributed by atoms with Gasteiger partial charge in [-0.15, -0.1) is 6.58 Å². The molecule has 2 rings (SSSR count). The van der Waals surface area contributed by atoms with Crippen molar-refractivity contribution in [1.82, 2.24) is 9.80 Å². The van der Waals surface area contributed by atoms with E-state index < -0.39 is 0 Å². The van der Waals surface area contributed by atoms with E-state index in [1.54, 1.807) is 6.08 Å². The summed E-state index contributed by atoms with van der Waals surface area (Å²) < 4.78 is 0. The Kier molecular flexibility index (Phi) is 4.74. The Morgan fingerprint density at radius 1 is 1.32 bits per heavy atom. The number of hydrogen-bond acceptors (Lipinski definition) is 2. The van der Waals surface area contributed by atoms with Crippen molar-refractivity contribution in [2.75, 3.05) is 26.7 Å². The fraction of sp³-hybridized carbons (Fsp3) is 0.438. The molecule has 19 heavy (non-hydrogen) atoms. The minimum atomic E-state index is 0.182. The van der Waals surface area contributed by atoms with E-state index in [4.69, 9.17) is 0 Å². The zero-order valence-corrected chi connectivity index (χ0v) is 11.6. The lowest BCUT2D eigenvalue weighted by atomic mass is 10.00. The molecular weight excluding hydrogens is 236 g/mol. The monoisotopic (exact) mass is 258 g/mol. The maximum absolute atomic E-state index is 12.3. The predicted octanol–water partition coefficient (Wildman–Crippen LogP) is 2.47. The highest BCUT2D eigenvalue weighted by Crippen LogP contribution is 2.25. The summed E-state index contributed by atoms with van der Waals surface area (Å²) in [7, 11) is 2.11. The van der Waals surface area contributed by atoms with Gasteiger partial charge in [-0.25, -0.2) is 0 Å². The molecule has 0 aliphatic carbocycles. The zero-order valence-electron chi connectivity index (χ0n) is 11.6. The van der Waals surface area contributed by atoms with Crippen LogP contribution in [-0.2, 0) is 4.79 Å². The first-order chi connectivity index (χ1) is 9.22. The molecule has 0 aromatic heterocycles. The molecule has 0 bridgehead atoms. The summed E-state index contributed by atoms with van der Waals surface area (Å²) in [5.41, 5.74) is 1.22. The molecule has 1 atom stereocenters. The first-order valence-electron chi connectivity index (χ1n) is 6.86. The number of nitrogens with zero attached hydrogens (tertiary/aromatic N) is 2. The molecule has 1 aliphatic rings. The van der Waals surface area contributed by atoms with Crippen molar-refractivity contribution >= 4 is 5.91 Å². The van der Waals surface area contributed by atoms with Gasteiger partial charge >= 0.3 is 0 Å². The molecule has 3 nitrogen and oxygen atoms in total. The van der Waals surface area contributed by atoms with Gasteiger partial charge in [-0.2, -0.15) is 0 Å². The molecule has 0 saturated carbocycles. The van der Waals surface area contributed by atoms with Crippen LogP contribution in [0.15, 0.2) is 43.0 Å². The number of benzene rings is 1. The van der Waals surface area contributed by atoms with Crippen LogP contribution < -0.4 is 0 Å². The number of amides is 1. The van der Waals surface area contributed by atoms with Gasteiger partial charge in [-0.05, 0) is 19.0 Å². The summed E-state index contributed by atoms with van der Waals surface area (Å²) in [5.74, 6) is 0.223. The molecule has 0 unspecified atom stereocenters. The van der Waals surface area contributed by atoms with E-state index >= 15 is 0 Å². The van der Waals surface area contributed by atoms with E-state index in [2.05, 4.69) is 30.7 Å². The molecule has 3 heteroatoms. The highest BCUT2D eigenvalue weighted by atomic mass is 16.2. The average molecular weight is 258 g/mol. The van der Waals surface area contributed by atoms with Crippen molar-refractivity contribution in [2.45, 2.75) is 18.9 Å². The molecule has 102 valence electrons. The standard InChI is InChI=1S/C16H22N2O/c1-3-10-18-12-7-11-17(2)15(13-16(18)19)14-8-5-4-6-9-14/h3-6,8-9,15H,1,7,10-13H2,2H3/t15-/m0/s1.